The molecule has 2 saturated carbocycles. The number of Topliss-reactive ketones (excluding diaryl/α,β-unsaturated/α-hetero) is 2. The third kappa shape index (κ3) is 3.20. The molecule has 3 heteroatoms. The van der Waals surface area contributed by atoms with Crippen LogP contribution in [0, 0.1) is 26.7 Å². The van der Waals surface area contributed by atoms with E-state index in [4.69, 9.17) is 0 Å². The first-order chi connectivity index (χ1) is 11.4. The van der Waals surface area contributed by atoms with Gasteiger partial charge in [0, 0.05) is 17.6 Å². The molecule has 1 aromatic carbocycles. The van der Waals surface area contributed by atoms with Crippen molar-refractivity contribution in [2.24, 2.45) is 5.92 Å². The van der Waals surface area contributed by atoms with Crippen molar-refractivity contribution in [2.75, 3.05) is 5.75 Å². The molecule has 2 fully saturated rings. The number of thioether (sulfide) groups is 1. The maximum absolute atomic E-state index is 12.9. The first-order valence-electron chi connectivity index (χ1n) is 9.15. The van der Waals surface area contributed by atoms with Crippen LogP contribution in [0.4, 0.5) is 0 Å². The van der Waals surface area contributed by atoms with Crippen LogP contribution in [0.2, 0.25) is 0 Å². The quantitative estimate of drug-likeness (QED) is 0.711. The molecule has 0 heterocycles. The number of ketones is 2. The summed E-state index contributed by atoms with van der Waals surface area (Å²) in [6.07, 6.45) is 4.68. The Kier molecular flexibility index (Phi) is 4.92. The van der Waals surface area contributed by atoms with Gasteiger partial charge in [-0.15, -0.1) is 0 Å². The fourth-order valence-corrected chi connectivity index (χ4v) is 5.82. The number of hydrogen-bond acceptors (Lipinski definition) is 3. The minimum Gasteiger partial charge on any atom is -0.299 e. The highest BCUT2D eigenvalue weighted by Gasteiger charge is 2.53. The Balaban J connectivity index is 1.83. The van der Waals surface area contributed by atoms with Crippen molar-refractivity contribution < 1.29 is 9.59 Å². The van der Waals surface area contributed by atoms with Crippen LogP contribution in [0.5, 0.6) is 0 Å². The largest absolute Gasteiger partial charge is 0.299 e. The minimum atomic E-state index is -0.520. The average Bonchev–Trinajstić information content (AvgIpc) is 3.28. The molecule has 0 unspecified atom stereocenters. The molecular formula is C21H28O2S. The normalized spacial score (nSPS) is 25.8. The van der Waals surface area contributed by atoms with Gasteiger partial charge in [-0.3, -0.25) is 9.59 Å². The van der Waals surface area contributed by atoms with Gasteiger partial charge in [-0.05, 0) is 68.4 Å². The van der Waals surface area contributed by atoms with Crippen molar-refractivity contribution in [3.05, 3.63) is 34.4 Å². The molecule has 2 aliphatic carbocycles. The SMILES string of the molecule is CCCSC1(C2CC(=O)C(c3c(C)cc(C)cc3C)C(=O)C2)CC1. The average molecular weight is 345 g/mol. The Morgan fingerprint density at radius 2 is 1.58 bits per heavy atom. The lowest BCUT2D eigenvalue weighted by molar-refractivity contribution is -0.133. The third-order valence-corrected chi connectivity index (χ3v) is 7.58. The van der Waals surface area contributed by atoms with Gasteiger partial charge in [0.1, 0.15) is 17.5 Å². The second-order valence-electron chi connectivity index (χ2n) is 7.70. The zero-order chi connectivity index (χ0) is 17.5. The Morgan fingerprint density at radius 1 is 1.04 bits per heavy atom. The molecule has 0 saturated heterocycles. The van der Waals surface area contributed by atoms with Gasteiger partial charge in [-0.2, -0.15) is 11.8 Å². The van der Waals surface area contributed by atoms with E-state index in [0.717, 1.165) is 28.9 Å². The summed E-state index contributed by atoms with van der Waals surface area (Å²) in [5, 5.41) is 0. The summed E-state index contributed by atoms with van der Waals surface area (Å²) in [6.45, 7) is 8.31. The van der Waals surface area contributed by atoms with E-state index < -0.39 is 5.92 Å². The van der Waals surface area contributed by atoms with Gasteiger partial charge >= 0.3 is 0 Å². The van der Waals surface area contributed by atoms with Crippen LogP contribution in [0.15, 0.2) is 12.1 Å². The molecule has 0 spiro atoms. The summed E-state index contributed by atoms with van der Waals surface area (Å²) >= 11 is 2.00. The van der Waals surface area contributed by atoms with Crippen molar-refractivity contribution >= 4 is 23.3 Å². The Bertz CT molecular complexity index is 631. The van der Waals surface area contributed by atoms with Crippen LogP contribution in [0.3, 0.4) is 0 Å². The van der Waals surface area contributed by atoms with Crippen LogP contribution in [0.25, 0.3) is 0 Å². The molecule has 0 atom stereocenters. The third-order valence-electron chi connectivity index (χ3n) is 5.65. The van der Waals surface area contributed by atoms with E-state index in [2.05, 4.69) is 26.0 Å². The van der Waals surface area contributed by atoms with Crippen LogP contribution in [-0.2, 0) is 9.59 Å². The molecule has 0 amide bonds. The Morgan fingerprint density at radius 3 is 2.04 bits per heavy atom. The van der Waals surface area contributed by atoms with Crippen LogP contribution in [-0.4, -0.2) is 22.1 Å². The topological polar surface area (TPSA) is 34.1 Å². The van der Waals surface area contributed by atoms with Gasteiger partial charge in [0.15, 0.2) is 0 Å². The molecule has 130 valence electrons. The van der Waals surface area contributed by atoms with Crippen molar-refractivity contribution in [1.82, 2.24) is 0 Å². The number of benzene rings is 1. The summed E-state index contributed by atoms with van der Waals surface area (Å²) in [4.78, 5) is 25.8. The molecule has 2 nitrogen and oxygen atoms in total. The number of rotatable bonds is 5. The number of aryl methyl sites for hydroxylation is 3. The number of carbonyl (C=O) groups excluding carboxylic acids is 2. The zero-order valence-electron chi connectivity index (χ0n) is 15.3. The monoisotopic (exact) mass is 344 g/mol. The second-order valence-corrected chi connectivity index (χ2v) is 9.21. The molecular weight excluding hydrogens is 316 g/mol. The Labute approximate surface area is 149 Å². The smallest absolute Gasteiger partial charge is 0.148 e. The van der Waals surface area contributed by atoms with E-state index >= 15 is 0 Å². The first-order valence-corrected chi connectivity index (χ1v) is 10.1. The molecule has 0 aliphatic heterocycles. The molecule has 1 aromatic rings. The maximum atomic E-state index is 12.9. The van der Waals surface area contributed by atoms with E-state index in [9.17, 15) is 9.59 Å². The number of hydrogen-bond donors (Lipinski definition) is 0. The van der Waals surface area contributed by atoms with E-state index in [1.807, 2.05) is 25.6 Å². The lowest BCUT2D eigenvalue weighted by atomic mass is 9.73. The molecule has 2 aliphatic rings. The molecule has 24 heavy (non-hydrogen) atoms. The van der Waals surface area contributed by atoms with E-state index in [0.29, 0.717) is 12.8 Å². The van der Waals surface area contributed by atoms with E-state index in [-0.39, 0.29) is 22.2 Å². The van der Waals surface area contributed by atoms with Crippen LogP contribution < -0.4 is 0 Å². The van der Waals surface area contributed by atoms with Crippen molar-refractivity contribution in [3.8, 4) is 0 Å². The minimum absolute atomic E-state index is 0.148. The summed E-state index contributed by atoms with van der Waals surface area (Å²) < 4.78 is 0.226. The standard InChI is InChI=1S/C21H28O2S/c1-5-8-24-21(6-7-21)16-11-17(22)20(18(23)12-16)19-14(3)9-13(2)10-15(19)4/h9-10,16,20H,5-8,11-12H2,1-4H3. The summed E-state index contributed by atoms with van der Waals surface area (Å²) in [5.41, 5.74) is 4.33. The van der Waals surface area contributed by atoms with E-state index in [1.54, 1.807) is 0 Å². The van der Waals surface area contributed by atoms with Crippen molar-refractivity contribution in [2.45, 2.75) is 70.5 Å². The fraction of sp³-hybridized carbons (Fsp3) is 0.619. The lowest BCUT2D eigenvalue weighted by Gasteiger charge is -2.33. The highest BCUT2D eigenvalue weighted by Crippen LogP contribution is 2.58. The predicted molar refractivity (Wildman–Crippen MR) is 101 cm³/mol. The Hall–Kier alpha value is -1.09. The predicted octanol–water partition coefficient (Wildman–Crippen LogP) is 4.92. The highest BCUT2D eigenvalue weighted by molar-refractivity contribution is 8.00. The van der Waals surface area contributed by atoms with Gasteiger partial charge in [-0.1, -0.05) is 24.6 Å². The van der Waals surface area contributed by atoms with E-state index in [1.165, 1.54) is 18.4 Å². The maximum Gasteiger partial charge on any atom is 0.148 e. The number of carbonyl (C=O) groups is 2. The zero-order valence-corrected chi connectivity index (χ0v) is 16.1. The van der Waals surface area contributed by atoms with Crippen molar-refractivity contribution in [1.29, 1.82) is 0 Å². The molecule has 0 radical (unpaired) electrons. The van der Waals surface area contributed by atoms with Crippen molar-refractivity contribution in [3.63, 3.8) is 0 Å². The van der Waals surface area contributed by atoms with Gasteiger partial charge < -0.3 is 0 Å². The first kappa shape index (κ1) is 17.7. The van der Waals surface area contributed by atoms with Crippen LogP contribution in [0.1, 0.15) is 67.2 Å². The molecule has 0 N–H and O–H groups in total. The highest BCUT2D eigenvalue weighted by atomic mass is 32.2. The second kappa shape index (κ2) is 6.67. The molecule has 0 bridgehead atoms. The van der Waals surface area contributed by atoms with Gasteiger partial charge in [0.05, 0.1) is 0 Å². The van der Waals surface area contributed by atoms with Gasteiger partial charge in [0.25, 0.3) is 0 Å². The van der Waals surface area contributed by atoms with Gasteiger partial charge in [-0.25, -0.2) is 0 Å². The fourth-order valence-electron chi connectivity index (χ4n) is 4.41. The molecule has 3 rings (SSSR count). The lowest BCUT2D eigenvalue weighted by Crippen LogP contribution is -2.37. The summed E-state index contributed by atoms with van der Waals surface area (Å²) in [5.74, 6) is 1.17. The molecule has 0 aromatic heterocycles. The summed E-state index contributed by atoms with van der Waals surface area (Å²) in [6, 6.07) is 4.18. The van der Waals surface area contributed by atoms with Gasteiger partial charge in [0.2, 0.25) is 0 Å². The summed E-state index contributed by atoms with van der Waals surface area (Å²) in [7, 11) is 0. The van der Waals surface area contributed by atoms with Crippen LogP contribution >= 0.6 is 11.8 Å².